The Morgan fingerprint density at radius 3 is 2.62 bits per heavy atom. The molecule has 0 aromatic heterocycles. The van der Waals surface area contributed by atoms with Crippen LogP contribution in [0.4, 0.5) is 0 Å². The summed E-state index contributed by atoms with van der Waals surface area (Å²) in [5, 5.41) is 0. The van der Waals surface area contributed by atoms with E-state index in [4.69, 9.17) is 9.47 Å². The third-order valence-corrected chi connectivity index (χ3v) is 1.90. The molecule has 74 valence electrons. The van der Waals surface area contributed by atoms with Gasteiger partial charge in [-0.15, -0.1) is 0 Å². The van der Waals surface area contributed by atoms with Crippen LogP contribution in [-0.2, 0) is 19.1 Å². The van der Waals surface area contributed by atoms with E-state index in [-0.39, 0.29) is 17.9 Å². The lowest BCUT2D eigenvalue weighted by Crippen LogP contribution is -2.32. The average Bonchev–Trinajstić information content (AvgIpc) is 2.30. The fraction of sp³-hybridized carbons (Fsp3) is 0.778. The zero-order chi connectivity index (χ0) is 10.1. The molecule has 0 saturated carbocycles. The van der Waals surface area contributed by atoms with Crippen molar-refractivity contribution in [3.8, 4) is 0 Å². The molecule has 1 saturated heterocycles. The fourth-order valence-corrected chi connectivity index (χ4v) is 1.07. The number of esters is 2. The van der Waals surface area contributed by atoms with Gasteiger partial charge in [-0.2, -0.15) is 0 Å². The first-order valence-corrected chi connectivity index (χ1v) is 4.38. The Hall–Kier alpha value is -1.06. The minimum atomic E-state index is -1.03. The number of cyclic esters (lactones) is 1. The van der Waals surface area contributed by atoms with Gasteiger partial charge in [-0.25, -0.2) is 0 Å². The maximum Gasteiger partial charge on any atom is 0.311 e. The van der Waals surface area contributed by atoms with Crippen LogP contribution in [0.1, 0.15) is 33.6 Å². The van der Waals surface area contributed by atoms with Gasteiger partial charge in [0.25, 0.3) is 5.79 Å². The number of rotatable bonds is 2. The summed E-state index contributed by atoms with van der Waals surface area (Å²) in [6, 6.07) is 0. The second-order valence-corrected chi connectivity index (χ2v) is 3.68. The lowest BCUT2D eigenvalue weighted by atomic mass is 10.2. The van der Waals surface area contributed by atoms with Crippen molar-refractivity contribution in [3.05, 3.63) is 0 Å². The topological polar surface area (TPSA) is 52.6 Å². The molecule has 4 heteroatoms. The van der Waals surface area contributed by atoms with E-state index in [9.17, 15) is 9.59 Å². The molecule has 1 unspecified atom stereocenters. The lowest BCUT2D eigenvalue weighted by Gasteiger charge is -2.23. The first-order chi connectivity index (χ1) is 5.93. The van der Waals surface area contributed by atoms with Crippen LogP contribution in [0, 0.1) is 5.92 Å². The number of hydrogen-bond donors (Lipinski definition) is 0. The third-order valence-electron chi connectivity index (χ3n) is 1.90. The Kier molecular flexibility index (Phi) is 2.59. The maximum absolute atomic E-state index is 11.2. The molecule has 1 aliphatic rings. The van der Waals surface area contributed by atoms with Crippen molar-refractivity contribution in [1.82, 2.24) is 0 Å². The monoisotopic (exact) mass is 186 g/mol. The van der Waals surface area contributed by atoms with E-state index in [0.29, 0.717) is 12.8 Å². The van der Waals surface area contributed by atoms with E-state index >= 15 is 0 Å². The van der Waals surface area contributed by atoms with Gasteiger partial charge in [0.2, 0.25) is 0 Å². The van der Waals surface area contributed by atoms with Crippen LogP contribution in [0.15, 0.2) is 0 Å². The molecular formula is C9H14O4. The van der Waals surface area contributed by atoms with Crippen molar-refractivity contribution in [2.75, 3.05) is 0 Å². The molecule has 1 fully saturated rings. The summed E-state index contributed by atoms with van der Waals surface area (Å²) in [7, 11) is 0. The molecule has 1 aliphatic heterocycles. The van der Waals surface area contributed by atoms with Crippen molar-refractivity contribution in [3.63, 3.8) is 0 Å². The number of ether oxygens (including phenoxy) is 2. The van der Waals surface area contributed by atoms with Crippen LogP contribution < -0.4 is 0 Å². The highest BCUT2D eigenvalue weighted by molar-refractivity contribution is 5.74. The third kappa shape index (κ3) is 2.44. The van der Waals surface area contributed by atoms with Gasteiger partial charge in [0, 0.05) is 13.3 Å². The smallest absolute Gasteiger partial charge is 0.311 e. The Labute approximate surface area is 77.2 Å². The van der Waals surface area contributed by atoms with Crippen LogP contribution in [0.2, 0.25) is 0 Å². The van der Waals surface area contributed by atoms with Gasteiger partial charge in [0.15, 0.2) is 0 Å². The first kappa shape index (κ1) is 10.0. The van der Waals surface area contributed by atoms with E-state index in [1.54, 1.807) is 20.8 Å². The van der Waals surface area contributed by atoms with Crippen LogP contribution in [0.5, 0.6) is 0 Å². The van der Waals surface area contributed by atoms with Crippen LogP contribution in [0.25, 0.3) is 0 Å². The molecule has 1 rings (SSSR count). The highest BCUT2D eigenvalue weighted by Crippen LogP contribution is 2.28. The molecule has 0 aromatic rings. The summed E-state index contributed by atoms with van der Waals surface area (Å²) in [6.07, 6.45) is 0.770. The summed E-state index contributed by atoms with van der Waals surface area (Å²) in [4.78, 5) is 22.0. The zero-order valence-electron chi connectivity index (χ0n) is 8.12. The standard InChI is InChI=1S/C9H14O4/c1-6(2)8(11)13-9(3)5-4-7(10)12-9/h6H,4-5H2,1-3H3. The van der Waals surface area contributed by atoms with E-state index in [0.717, 1.165) is 0 Å². The predicted molar refractivity (Wildman–Crippen MR) is 44.7 cm³/mol. The van der Waals surface area contributed by atoms with E-state index in [1.165, 1.54) is 0 Å². The van der Waals surface area contributed by atoms with E-state index < -0.39 is 5.79 Å². The van der Waals surface area contributed by atoms with Crippen molar-refractivity contribution in [1.29, 1.82) is 0 Å². The summed E-state index contributed by atoms with van der Waals surface area (Å²) in [6.45, 7) is 5.09. The largest absolute Gasteiger partial charge is 0.423 e. The summed E-state index contributed by atoms with van der Waals surface area (Å²) < 4.78 is 9.94. The Morgan fingerprint density at radius 2 is 2.23 bits per heavy atom. The minimum absolute atomic E-state index is 0.198. The molecule has 4 nitrogen and oxygen atoms in total. The molecule has 0 aliphatic carbocycles. The molecule has 1 heterocycles. The highest BCUT2D eigenvalue weighted by atomic mass is 16.7. The minimum Gasteiger partial charge on any atom is -0.423 e. The van der Waals surface area contributed by atoms with E-state index in [2.05, 4.69) is 0 Å². The fourth-order valence-electron chi connectivity index (χ4n) is 1.07. The maximum atomic E-state index is 11.2. The van der Waals surface area contributed by atoms with Crippen LogP contribution in [-0.4, -0.2) is 17.7 Å². The average molecular weight is 186 g/mol. The van der Waals surface area contributed by atoms with Crippen molar-refractivity contribution in [2.24, 2.45) is 5.92 Å². The molecule has 0 aromatic carbocycles. The van der Waals surface area contributed by atoms with E-state index in [1.807, 2.05) is 0 Å². The van der Waals surface area contributed by atoms with Crippen molar-refractivity contribution < 1.29 is 19.1 Å². The second kappa shape index (κ2) is 3.36. The van der Waals surface area contributed by atoms with Gasteiger partial charge < -0.3 is 9.47 Å². The van der Waals surface area contributed by atoms with Crippen molar-refractivity contribution in [2.45, 2.75) is 39.4 Å². The van der Waals surface area contributed by atoms with Gasteiger partial charge in [0.1, 0.15) is 0 Å². The van der Waals surface area contributed by atoms with Gasteiger partial charge in [0.05, 0.1) is 12.3 Å². The Bertz CT molecular complexity index is 234. The molecular weight excluding hydrogens is 172 g/mol. The first-order valence-electron chi connectivity index (χ1n) is 4.38. The number of carbonyl (C=O) groups is 2. The van der Waals surface area contributed by atoms with Gasteiger partial charge >= 0.3 is 11.9 Å². The molecule has 0 spiro atoms. The predicted octanol–water partition coefficient (Wildman–Crippen LogP) is 1.24. The molecule has 0 bridgehead atoms. The van der Waals surface area contributed by atoms with Gasteiger partial charge in [-0.3, -0.25) is 9.59 Å². The normalized spacial score (nSPS) is 27.5. The molecule has 0 N–H and O–H groups in total. The molecule has 13 heavy (non-hydrogen) atoms. The zero-order valence-corrected chi connectivity index (χ0v) is 8.12. The second-order valence-electron chi connectivity index (χ2n) is 3.68. The van der Waals surface area contributed by atoms with Crippen LogP contribution >= 0.6 is 0 Å². The molecule has 1 atom stereocenters. The number of hydrogen-bond acceptors (Lipinski definition) is 4. The van der Waals surface area contributed by atoms with Crippen LogP contribution in [0.3, 0.4) is 0 Å². The Balaban J connectivity index is 2.53. The quantitative estimate of drug-likeness (QED) is 0.609. The summed E-state index contributed by atoms with van der Waals surface area (Å²) >= 11 is 0. The van der Waals surface area contributed by atoms with Crippen molar-refractivity contribution >= 4 is 11.9 Å². The molecule has 0 amide bonds. The SMILES string of the molecule is CC(C)C(=O)OC1(C)CCC(=O)O1. The summed E-state index contributed by atoms with van der Waals surface area (Å²) in [5.41, 5.74) is 0. The Morgan fingerprint density at radius 1 is 1.62 bits per heavy atom. The lowest BCUT2D eigenvalue weighted by molar-refractivity contribution is -0.210. The van der Waals surface area contributed by atoms with Gasteiger partial charge in [-0.05, 0) is 0 Å². The van der Waals surface area contributed by atoms with Gasteiger partial charge in [-0.1, -0.05) is 13.8 Å². The molecule has 0 radical (unpaired) electrons. The highest BCUT2D eigenvalue weighted by Gasteiger charge is 2.39. The summed E-state index contributed by atoms with van der Waals surface area (Å²) in [5.74, 6) is -1.87. The number of carbonyl (C=O) groups excluding carboxylic acids is 2.